The predicted molar refractivity (Wildman–Crippen MR) is 107 cm³/mol. The zero-order valence-electron chi connectivity index (χ0n) is 16.5. The third kappa shape index (κ3) is 3.75. The van der Waals surface area contributed by atoms with Gasteiger partial charge in [0.1, 0.15) is 0 Å². The second-order valence-corrected chi connectivity index (χ2v) is 8.14. The lowest BCUT2D eigenvalue weighted by Crippen LogP contribution is -2.61. The van der Waals surface area contributed by atoms with E-state index in [0.717, 1.165) is 58.7 Å². The number of piperazine rings is 1. The number of benzene rings is 1. The van der Waals surface area contributed by atoms with E-state index in [4.69, 9.17) is 4.99 Å². The number of likely N-dealkylation sites (tertiary alicyclic amines) is 1. The van der Waals surface area contributed by atoms with Crippen LogP contribution in [0, 0.1) is 17.2 Å². The van der Waals surface area contributed by atoms with Gasteiger partial charge in [0.05, 0.1) is 11.6 Å². The number of hydrogen-bond acceptors (Lipinski definition) is 6. The van der Waals surface area contributed by atoms with Crippen molar-refractivity contribution in [2.45, 2.75) is 24.9 Å². The Hall–Kier alpha value is -2.43. The van der Waals surface area contributed by atoms with Gasteiger partial charge in [-0.1, -0.05) is 30.3 Å². The molecule has 0 unspecified atom stereocenters. The molecule has 7 nitrogen and oxygen atoms in total. The van der Waals surface area contributed by atoms with Crippen LogP contribution in [0.4, 0.5) is 0 Å². The molecule has 3 aliphatic heterocycles. The molecule has 4 rings (SSSR count). The Morgan fingerprint density at radius 2 is 1.82 bits per heavy atom. The number of nitrogens with one attached hydrogen (secondary N) is 1. The summed E-state index contributed by atoms with van der Waals surface area (Å²) >= 11 is 0. The number of likely N-dealkylation sites (N-methyl/N-ethyl adjacent to an activating group) is 1. The average molecular weight is 380 g/mol. The first-order valence-electron chi connectivity index (χ1n) is 10.1. The Bertz CT molecular complexity index is 770. The van der Waals surface area contributed by atoms with Crippen molar-refractivity contribution in [1.82, 2.24) is 20.0 Å². The SMILES string of the molecule is CN1CCN(C2=NC3(CCN(Cc4ccccc4)CC3)[C@H](C#N)C(=O)N2)CC1. The van der Waals surface area contributed by atoms with Crippen LogP contribution in [0.25, 0.3) is 0 Å². The fourth-order valence-corrected chi connectivity index (χ4v) is 4.42. The van der Waals surface area contributed by atoms with Crippen molar-refractivity contribution < 1.29 is 4.79 Å². The number of aliphatic imine (C=N–C) groups is 1. The molecule has 1 aromatic rings. The summed E-state index contributed by atoms with van der Waals surface area (Å²) in [5, 5.41) is 12.6. The van der Waals surface area contributed by atoms with Crippen LogP contribution in [0.3, 0.4) is 0 Å². The van der Waals surface area contributed by atoms with Gasteiger partial charge in [0.2, 0.25) is 11.9 Å². The Balaban J connectivity index is 1.50. The highest BCUT2D eigenvalue weighted by atomic mass is 16.2. The third-order valence-electron chi connectivity index (χ3n) is 6.27. The molecule has 0 aromatic heterocycles. The molecule has 0 aliphatic carbocycles. The molecule has 3 aliphatic rings. The molecule has 1 spiro atoms. The van der Waals surface area contributed by atoms with Crippen LogP contribution >= 0.6 is 0 Å². The summed E-state index contributed by atoms with van der Waals surface area (Å²) in [5.41, 5.74) is 0.696. The van der Waals surface area contributed by atoms with Gasteiger partial charge in [0, 0.05) is 45.8 Å². The number of carbonyl (C=O) groups is 1. The van der Waals surface area contributed by atoms with E-state index < -0.39 is 11.5 Å². The molecule has 1 aromatic carbocycles. The average Bonchev–Trinajstić information content (AvgIpc) is 2.71. The summed E-state index contributed by atoms with van der Waals surface area (Å²) < 4.78 is 0. The van der Waals surface area contributed by atoms with E-state index in [9.17, 15) is 10.1 Å². The summed E-state index contributed by atoms with van der Waals surface area (Å²) in [4.78, 5) is 24.6. The van der Waals surface area contributed by atoms with Crippen molar-refractivity contribution in [1.29, 1.82) is 5.26 Å². The van der Waals surface area contributed by atoms with Gasteiger partial charge >= 0.3 is 0 Å². The van der Waals surface area contributed by atoms with Crippen LogP contribution in [0.15, 0.2) is 35.3 Å². The van der Waals surface area contributed by atoms with E-state index >= 15 is 0 Å². The highest BCUT2D eigenvalue weighted by Crippen LogP contribution is 2.37. The molecule has 0 bridgehead atoms. The van der Waals surface area contributed by atoms with Crippen LogP contribution in [0.2, 0.25) is 0 Å². The fourth-order valence-electron chi connectivity index (χ4n) is 4.42. The van der Waals surface area contributed by atoms with Gasteiger partial charge in [-0.3, -0.25) is 15.0 Å². The highest BCUT2D eigenvalue weighted by molar-refractivity contribution is 6.02. The van der Waals surface area contributed by atoms with Gasteiger partial charge in [0.15, 0.2) is 5.92 Å². The largest absolute Gasteiger partial charge is 0.340 e. The van der Waals surface area contributed by atoms with E-state index in [1.54, 1.807) is 0 Å². The third-order valence-corrected chi connectivity index (χ3v) is 6.27. The molecule has 0 saturated carbocycles. The van der Waals surface area contributed by atoms with Crippen molar-refractivity contribution in [3.63, 3.8) is 0 Å². The van der Waals surface area contributed by atoms with Crippen LogP contribution in [-0.2, 0) is 11.3 Å². The molecule has 7 heteroatoms. The molecule has 1 N–H and O–H groups in total. The summed E-state index contributed by atoms with van der Waals surface area (Å²) in [7, 11) is 2.11. The normalized spacial score (nSPS) is 25.9. The van der Waals surface area contributed by atoms with E-state index in [0.29, 0.717) is 5.96 Å². The number of guanidine groups is 1. The lowest BCUT2D eigenvalue weighted by Gasteiger charge is -2.45. The van der Waals surface area contributed by atoms with Gasteiger partial charge in [-0.15, -0.1) is 0 Å². The van der Waals surface area contributed by atoms with Crippen molar-refractivity contribution in [2.24, 2.45) is 10.9 Å². The first-order valence-corrected chi connectivity index (χ1v) is 10.1. The second-order valence-electron chi connectivity index (χ2n) is 8.14. The molecule has 3 heterocycles. The minimum atomic E-state index is -0.706. The number of hydrogen-bond donors (Lipinski definition) is 1. The van der Waals surface area contributed by atoms with Gasteiger partial charge in [-0.05, 0) is 25.5 Å². The first kappa shape index (κ1) is 18.9. The number of nitrogens with zero attached hydrogens (tertiary/aromatic N) is 5. The monoisotopic (exact) mass is 380 g/mol. The van der Waals surface area contributed by atoms with Gasteiger partial charge in [-0.2, -0.15) is 5.26 Å². The van der Waals surface area contributed by atoms with Gasteiger partial charge in [-0.25, -0.2) is 4.99 Å². The van der Waals surface area contributed by atoms with E-state index in [-0.39, 0.29) is 5.91 Å². The molecule has 2 fully saturated rings. The van der Waals surface area contributed by atoms with E-state index in [1.165, 1.54) is 5.56 Å². The predicted octanol–water partition coefficient (Wildman–Crippen LogP) is 0.894. The highest BCUT2D eigenvalue weighted by Gasteiger charge is 2.49. The van der Waals surface area contributed by atoms with Crippen LogP contribution < -0.4 is 5.32 Å². The van der Waals surface area contributed by atoms with Crippen LogP contribution in [-0.4, -0.2) is 78.4 Å². The molecule has 0 radical (unpaired) electrons. The van der Waals surface area contributed by atoms with Crippen molar-refractivity contribution in [2.75, 3.05) is 46.3 Å². The number of rotatable bonds is 2. The number of nitriles is 1. The number of carbonyl (C=O) groups excluding carboxylic acids is 1. The summed E-state index contributed by atoms with van der Waals surface area (Å²) in [6.07, 6.45) is 1.48. The van der Waals surface area contributed by atoms with E-state index in [2.05, 4.69) is 57.4 Å². The quantitative estimate of drug-likeness (QED) is 0.825. The van der Waals surface area contributed by atoms with Crippen molar-refractivity contribution in [3.8, 4) is 6.07 Å². The molecular formula is C21H28N6O. The maximum Gasteiger partial charge on any atom is 0.246 e. The number of amides is 1. The number of piperidine rings is 1. The van der Waals surface area contributed by atoms with Crippen LogP contribution in [0.1, 0.15) is 18.4 Å². The molecule has 2 saturated heterocycles. The Labute approximate surface area is 166 Å². The summed E-state index contributed by atoms with van der Waals surface area (Å²) in [6.45, 7) is 6.20. The molecule has 148 valence electrons. The maximum absolute atomic E-state index is 12.7. The van der Waals surface area contributed by atoms with Crippen molar-refractivity contribution in [3.05, 3.63) is 35.9 Å². The second kappa shape index (κ2) is 7.90. The van der Waals surface area contributed by atoms with Gasteiger partial charge in [0.25, 0.3) is 0 Å². The molecule has 1 amide bonds. The van der Waals surface area contributed by atoms with Gasteiger partial charge < -0.3 is 9.80 Å². The molecular weight excluding hydrogens is 352 g/mol. The summed E-state index contributed by atoms with van der Waals surface area (Å²) in [6, 6.07) is 12.7. The Morgan fingerprint density at radius 3 is 2.46 bits per heavy atom. The summed E-state index contributed by atoms with van der Waals surface area (Å²) in [5.74, 6) is -0.230. The van der Waals surface area contributed by atoms with E-state index in [1.807, 2.05) is 6.07 Å². The smallest absolute Gasteiger partial charge is 0.246 e. The molecule has 1 atom stereocenters. The Morgan fingerprint density at radius 1 is 1.14 bits per heavy atom. The zero-order chi connectivity index (χ0) is 19.6. The minimum Gasteiger partial charge on any atom is -0.340 e. The molecule has 28 heavy (non-hydrogen) atoms. The van der Waals surface area contributed by atoms with Crippen LogP contribution in [0.5, 0.6) is 0 Å². The minimum absolute atomic E-state index is 0.192. The fraction of sp³-hybridized carbons (Fsp3) is 0.571. The zero-order valence-corrected chi connectivity index (χ0v) is 16.5. The standard InChI is InChI=1S/C21H28N6O/c1-25-11-13-27(14-12-25)20-23-19(28)18(15-22)21(24-20)7-9-26(10-8-21)16-17-5-3-2-4-6-17/h2-6,18H,7-14,16H2,1H3,(H,23,24,28)/t18-/m1/s1. The Kier molecular flexibility index (Phi) is 5.33. The van der Waals surface area contributed by atoms with Crippen molar-refractivity contribution >= 4 is 11.9 Å². The topological polar surface area (TPSA) is 75.0 Å². The maximum atomic E-state index is 12.7. The first-order chi connectivity index (χ1) is 13.6. The lowest BCUT2D eigenvalue weighted by atomic mass is 9.76. The lowest BCUT2D eigenvalue weighted by molar-refractivity contribution is -0.125.